The maximum absolute atomic E-state index is 12.2. The Morgan fingerprint density at radius 3 is 2.87 bits per heavy atom. The van der Waals surface area contributed by atoms with Crippen molar-refractivity contribution in [3.05, 3.63) is 62.8 Å². The summed E-state index contributed by atoms with van der Waals surface area (Å²) < 4.78 is 2.04. The predicted molar refractivity (Wildman–Crippen MR) is 93.8 cm³/mol. The molecule has 0 unspecified atom stereocenters. The molecule has 4 aromatic rings. The first-order chi connectivity index (χ1) is 11.1. The van der Waals surface area contributed by atoms with Gasteiger partial charge in [0.1, 0.15) is 5.69 Å². The molecule has 1 N–H and O–H groups in total. The summed E-state index contributed by atoms with van der Waals surface area (Å²) in [5.74, 6) is 0. The summed E-state index contributed by atoms with van der Waals surface area (Å²) in [6.07, 6.45) is 5.69. The molecule has 0 radical (unpaired) electrons. The summed E-state index contributed by atoms with van der Waals surface area (Å²) in [7, 11) is 0. The Bertz CT molecular complexity index is 1120. The third-order valence-electron chi connectivity index (χ3n) is 3.69. The molecule has 3 heterocycles. The molecule has 5 nitrogen and oxygen atoms in total. The second-order valence-electron chi connectivity index (χ2n) is 5.38. The van der Waals surface area contributed by atoms with E-state index >= 15 is 0 Å². The maximum atomic E-state index is 12.2. The van der Waals surface area contributed by atoms with E-state index in [2.05, 4.69) is 28.1 Å². The van der Waals surface area contributed by atoms with Crippen LogP contribution in [0.2, 0.25) is 0 Å². The largest absolute Gasteiger partial charge is 0.319 e. The normalized spacial score (nSPS) is 11.9. The molecular formula is C17H14N4OS. The second-order valence-corrected chi connectivity index (χ2v) is 6.59. The molecule has 0 aliphatic heterocycles. The molecule has 1 aromatic carbocycles. The zero-order valence-electron chi connectivity index (χ0n) is 12.7. The lowest BCUT2D eigenvalue weighted by Gasteiger charge is -1.98. The summed E-state index contributed by atoms with van der Waals surface area (Å²) in [5, 5.41) is 0. The van der Waals surface area contributed by atoms with Crippen molar-refractivity contribution in [3.8, 4) is 0 Å². The number of para-hydroxylation sites is 2. The van der Waals surface area contributed by atoms with Crippen LogP contribution in [-0.2, 0) is 0 Å². The fourth-order valence-electron chi connectivity index (χ4n) is 2.60. The highest BCUT2D eigenvalue weighted by molar-refractivity contribution is 7.17. The van der Waals surface area contributed by atoms with E-state index in [4.69, 9.17) is 0 Å². The molecule has 0 aliphatic carbocycles. The van der Waals surface area contributed by atoms with E-state index in [0.717, 1.165) is 27.4 Å². The molecule has 0 aliphatic rings. The highest BCUT2D eigenvalue weighted by Crippen LogP contribution is 2.22. The minimum Gasteiger partial charge on any atom is -0.319 e. The first-order valence-corrected chi connectivity index (χ1v) is 8.06. The van der Waals surface area contributed by atoms with Gasteiger partial charge >= 0.3 is 0 Å². The summed E-state index contributed by atoms with van der Waals surface area (Å²) in [6.45, 7) is 4.02. The van der Waals surface area contributed by atoms with Crippen LogP contribution in [0.4, 0.5) is 0 Å². The van der Waals surface area contributed by atoms with Crippen molar-refractivity contribution < 1.29 is 0 Å². The van der Waals surface area contributed by atoms with Gasteiger partial charge in [0, 0.05) is 11.1 Å². The number of hydrogen-bond acceptors (Lipinski definition) is 4. The summed E-state index contributed by atoms with van der Waals surface area (Å²) >= 11 is 1.65. The number of nitrogens with zero attached hydrogens (tertiary/aromatic N) is 3. The zero-order valence-corrected chi connectivity index (χ0v) is 13.5. The first kappa shape index (κ1) is 13.9. The van der Waals surface area contributed by atoms with Crippen molar-refractivity contribution in [2.75, 3.05) is 0 Å². The average Bonchev–Trinajstić information content (AvgIpc) is 3.00. The number of imidazole rings is 1. The van der Waals surface area contributed by atoms with Crippen molar-refractivity contribution in [2.24, 2.45) is 0 Å². The highest BCUT2D eigenvalue weighted by atomic mass is 32.1. The van der Waals surface area contributed by atoms with Gasteiger partial charge in [-0.1, -0.05) is 12.1 Å². The number of benzene rings is 1. The fraction of sp³-hybridized carbons (Fsp3) is 0.118. The molecule has 0 saturated heterocycles. The molecule has 0 saturated carbocycles. The summed E-state index contributed by atoms with van der Waals surface area (Å²) in [4.78, 5) is 26.1. The number of H-pyrrole nitrogens is 1. The highest BCUT2D eigenvalue weighted by Gasteiger charge is 2.09. The van der Waals surface area contributed by atoms with Crippen molar-refractivity contribution in [1.82, 2.24) is 19.4 Å². The Hall–Kier alpha value is -2.73. The van der Waals surface area contributed by atoms with Crippen LogP contribution in [0.5, 0.6) is 0 Å². The zero-order chi connectivity index (χ0) is 16.0. The van der Waals surface area contributed by atoms with Crippen LogP contribution in [0, 0.1) is 13.8 Å². The number of rotatable bonds is 2. The molecular weight excluding hydrogens is 308 g/mol. The van der Waals surface area contributed by atoms with Gasteiger partial charge < -0.3 is 4.98 Å². The van der Waals surface area contributed by atoms with Gasteiger partial charge in [-0.05, 0) is 38.1 Å². The van der Waals surface area contributed by atoms with Crippen LogP contribution in [0.3, 0.4) is 0 Å². The number of hydrogen-bond donors (Lipinski definition) is 1. The third kappa shape index (κ3) is 2.37. The van der Waals surface area contributed by atoms with Crippen molar-refractivity contribution in [2.45, 2.75) is 13.8 Å². The monoisotopic (exact) mass is 322 g/mol. The lowest BCUT2D eigenvalue weighted by molar-refractivity contribution is 1.17. The molecule has 3 aromatic heterocycles. The number of fused-ring (bicyclic) bond motifs is 2. The van der Waals surface area contributed by atoms with E-state index in [1.165, 1.54) is 4.88 Å². The van der Waals surface area contributed by atoms with E-state index in [0.29, 0.717) is 5.69 Å². The van der Waals surface area contributed by atoms with Gasteiger partial charge in [0.15, 0.2) is 4.96 Å². The van der Waals surface area contributed by atoms with Crippen molar-refractivity contribution in [1.29, 1.82) is 0 Å². The van der Waals surface area contributed by atoms with Gasteiger partial charge in [-0.15, -0.1) is 11.3 Å². The number of thiazole rings is 1. The van der Waals surface area contributed by atoms with Gasteiger partial charge in [0.05, 0.1) is 22.4 Å². The molecule has 0 atom stereocenters. The minimum absolute atomic E-state index is 0.195. The Balaban J connectivity index is 1.82. The molecule has 0 bridgehead atoms. The molecule has 6 heteroatoms. The maximum Gasteiger partial charge on any atom is 0.274 e. The van der Waals surface area contributed by atoms with E-state index < -0.39 is 0 Å². The van der Waals surface area contributed by atoms with Crippen LogP contribution in [0.25, 0.3) is 28.1 Å². The molecule has 0 amide bonds. The van der Waals surface area contributed by atoms with Crippen LogP contribution in [0.15, 0.2) is 35.3 Å². The second kappa shape index (κ2) is 5.17. The topological polar surface area (TPSA) is 63.1 Å². The predicted octanol–water partition coefficient (Wildman–Crippen LogP) is 3.42. The summed E-state index contributed by atoms with van der Waals surface area (Å²) in [6, 6.07) is 7.50. The molecule has 114 valence electrons. The van der Waals surface area contributed by atoms with Crippen LogP contribution in [0.1, 0.15) is 22.0 Å². The SMILES string of the molecule is Cc1cn2c(/C=C/c3nc4ccccc4[nH]c3=O)c(C)nc2s1. The standard InChI is InChI=1S/C17H14N4OS/c1-10-9-21-15(11(2)18-17(21)23-10)8-7-14-16(22)20-13-6-4-3-5-12(13)19-14/h3-9H,1-2H3,(H,20,22)/b8-7+. The van der Waals surface area contributed by atoms with Crippen molar-refractivity contribution in [3.63, 3.8) is 0 Å². The van der Waals surface area contributed by atoms with Crippen LogP contribution < -0.4 is 5.56 Å². The quantitative estimate of drug-likeness (QED) is 0.615. The molecule has 0 spiro atoms. The molecule has 4 rings (SSSR count). The van der Waals surface area contributed by atoms with Gasteiger partial charge in [0.2, 0.25) is 0 Å². The van der Waals surface area contributed by atoms with Gasteiger partial charge in [-0.2, -0.15) is 0 Å². The smallest absolute Gasteiger partial charge is 0.274 e. The molecule has 23 heavy (non-hydrogen) atoms. The van der Waals surface area contributed by atoms with Crippen LogP contribution >= 0.6 is 11.3 Å². The van der Waals surface area contributed by atoms with E-state index in [9.17, 15) is 4.79 Å². The van der Waals surface area contributed by atoms with E-state index in [1.807, 2.05) is 41.7 Å². The summed E-state index contributed by atoms with van der Waals surface area (Å²) in [5.41, 5.74) is 3.62. The van der Waals surface area contributed by atoms with Crippen LogP contribution in [-0.4, -0.2) is 19.4 Å². The lowest BCUT2D eigenvalue weighted by Crippen LogP contribution is -2.11. The van der Waals surface area contributed by atoms with E-state index in [-0.39, 0.29) is 5.56 Å². The Morgan fingerprint density at radius 2 is 2.00 bits per heavy atom. The fourth-order valence-corrected chi connectivity index (χ4v) is 3.47. The average molecular weight is 322 g/mol. The van der Waals surface area contributed by atoms with Gasteiger partial charge in [-0.3, -0.25) is 9.20 Å². The Labute approximate surface area is 136 Å². The van der Waals surface area contributed by atoms with Gasteiger partial charge in [0.25, 0.3) is 5.56 Å². The third-order valence-corrected chi connectivity index (χ3v) is 4.59. The number of aromatic nitrogens is 4. The molecule has 0 fully saturated rings. The van der Waals surface area contributed by atoms with Gasteiger partial charge in [-0.25, -0.2) is 9.97 Å². The first-order valence-electron chi connectivity index (χ1n) is 7.24. The minimum atomic E-state index is -0.195. The lowest BCUT2D eigenvalue weighted by atomic mass is 10.2. The number of nitrogens with one attached hydrogen (secondary N) is 1. The number of aromatic amines is 1. The van der Waals surface area contributed by atoms with E-state index in [1.54, 1.807) is 17.4 Å². The van der Waals surface area contributed by atoms with Crippen molar-refractivity contribution >= 4 is 39.5 Å². The Kier molecular flexibility index (Phi) is 3.12. The number of aryl methyl sites for hydroxylation is 2. The Morgan fingerprint density at radius 1 is 1.17 bits per heavy atom.